The van der Waals surface area contributed by atoms with Crippen molar-refractivity contribution in [3.05, 3.63) is 0 Å². The lowest BCUT2D eigenvalue weighted by Gasteiger charge is -1.96. The molecular weight excluding hydrogens is 108 g/mol. The molecule has 0 atom stereocenters. The van der Waals surface area contributed by atoms with Gasteiger partial charge in [-0.25, -0.2) is 0 Å². The van der Waals surface area contributed by atoms with Gasteiger partial charge in [-0.15, -0.1) is 0 Å². The van der Waals surface area contributed by atoms with Crippen molar-refractivity contribution >= 4 is 5.91 Å². The molecule has 0 aliphatic rings. The highest BCUT2D eigenvalue weighted by atomic mass is 16.5. The second kappa shape index (κ2) is 4.55. The number of nitrogens with one attached hydrogen (secondary N) is 1. The molecule has 3 N–H and O–H groups in total. The summed E-state index contributed by atoms with van der Waals surface area (Å²) in [6, 6.07) is 0. The Bertz CT molecular complexity index is 74.4. The summed E-state index contributed by atoms with van der Waals surface area (Å²) in [5.74, 6) is -0.444. The molecule has 0 bridgehead atoms. The van der Waals surface area contributed by atoms with Crippen LogP contribution in [0.1, 0.15) is 0 Å². The minimum atomic E-state index is -0.444. The molecule has 48 valence electrons. The summed E-state index contributed by atoms with van der Waals surface area (Å²) in [5.41, 5.74) is 4.74. The minimum absolute atomic E-state index is 0.0131. The monoisotopic (exact) mass is 118 g/mol. The maximum Gasteiger partial charge on any atom is 0.243 e. The van der Waals surface area contributed by atoms with Crippen molar-refractivity contribution in [3.8, 4) is 0 Å². The summed E-state index contributed by atoms with van der Waals surface area (Å²) in [6.07, 6.45) is 0. The molecule has 0 unspecified atom stereocenters. The first kappa shape index (κ1) is 7.39. The van der Waals surface area contributed by atoms with Gasteiger partial charge in [-0.1, -0.05) is 0 Å². The summed E-state index contributed by atoms with van der Waals surface area (Å²) in [5, 5.41) is 2.69. The Balaban J connectivity index is 2.82. The van der Waals surface area contributed by atoms with Crippen LogP contribution < -0.4 is 11.1 Å². The van der Waals surface area contributed by atoms with Gasteiger partial charge in [0.1, 0.15) is 6.61 Å². The number of ether oxygens (including phenoxy) is 1. The molecule has 0 aromatic heterocycles. The molecule has 0 aliphatic heterocycles. The van der Waals surface area contributed by atoms with E-state index in [1.54, 1.807) is 7.05 Å². The first-order valence-corrected chi connectivity index (χ1v) is 2.28. The summed E-state index contributed by atoms with van der Waals surface area (Å²) in [6.45, 7) is 0.351. The molecule has 0 aromatic rings. The van der Waals surface area contributed by atoms with Crippen LogP contribution in [-0.4, -0.2) is 26.3 Å². The molecule has 0 aliphatic carbocycles. The van der Waals surface area contributed by atoms with Crippen LogP contribution >= 0.6 is 0 Å². The molecule has 0 radical (unpaired) electrons. The van der Waals surface area contributed by atoms with Crippen LogP contribution in [0.4, 0.5) is 0 Å². The lowest BCUT2D eigenvalue weighted by atomic mass is 10.7. The van der Waals surface area contributed by atoms with E-state index in [1.807, 2.05) is 0 Å². The zero-order valence-electron chi connectivity index (χ0n) is 4.81. The third-order valence-electron chi connectivity index (χ3n) is 0.491. The molecule has 0 fully saturated rings. The Morgan fingerprint density at radius 3 is 2.88 bits per heavy atom. The standard InChI is InChI=1S/C4H10N2O2/c1-6-3-8-2-4(5)7/h6H,2-3H2,1H3,(H2,5,7). The fourth-order valence-electron chi connectivity index (χ4n) is 0.254. The first-order chi connectivity index (χ1) is 3.77. The molecule has 1 amide bonds. The predicted octanol–water partition coefficient (Wildman–Crippen LogP) is -1.33. The van der Waals surface area contributed by atoms with E-state index in [9.17, 15) is 4.79 Å². The topological polar surface area (TPSA) is 64.3 Å². The fraction of sp³-hybridized carbons (Fsp3) is 0.750. The zero-order chi connectivity index (χ0) is 6.41. The predicted molar refractivity (Wildman–Crippen MR) is 29.1 cm³/mol. The van der Waals surface area contributed by atoms with Crippen molar-refractivity contribution in [1.29, 1.82) is 0 Å². The SMILES string of the molecule is CNCOCC(N)=O. The van der Waals surface area contributed by atoms with E-state index in [4.69, 9.17) is 5.73 Å². The fourth-order valence-corrected chi connectivity index (χ4v) is 0.254. The average Bonchev–Trinajstić information content (AvgIpc) is 1.66. The third kappa shape index (κ3) is 5.39. The quantitative estimate of drug-likeness (QED) is 0.355. The largest absolute Gasteiger partial charge is 0.368 e. The average molecular weight is 118 g/mol. The normalized spacial score (nSPS) is 9.12. The van der Waals surface area contributed by atoms with Gasteiger partial charge in [0.2, 0.25) is 5.91 Å². The van der Waals surface area contributed by atoms with Crippen molar-refractivity contribution in [2.24, 2.45) is 5.73 Å². The van der Waals surface area contributed by atoms with E-state index < -0.39 is 5.91 Å². The van der Waals surface area contributed by atoms with Crippen molar-refractivity contribution in [3.63, 3.8) is 0 Å². The number of nitrogens with two attached hydrogens (primary N) is 1. The van der Waals surface area contributed by atoms with Gasteiger partial charge >= 0.3 is 0 Å². The van der Waals surface area contributed by atoms with Crippen LogP contribution in [0.3, 0.4) is 0 Å². The smallest absolute Gasteiger partial charge is 0.243 e. The van der Waals surface area contributed by atoms with Gasteiger partial charge in [-0.05, 0) is 7.05 Å². The van der Waals surface area contributed by atoms with Crippen LogP contribution in [0.5, 0.6) is 0 Å². The van der Waals surface area contributed by atoms with Gasteiger partial charge in [0, 0.05) is 0 Å². The van der Waals surface area contributed by atoms with E-state index in [0.717, 1.165) is 0 Å². The summed E-state index contributed by atoms with van der Waals surface area (Å²) in [4.78, 5) is 9.94. The molecule has 0 saturated carbocycles. The lowest BCUT2D eigenvalue weighted by molar-refractivity contribution is -0.122. The van der Waals surface area contributed by atoms with Gasteiger partial charge in [0.15, 0.2) is 0 Å². The second-order valence-electron chi connectivity index (χ2n) is 1.31. The van der Waals surface area contributed by atoms with Gasteiger partial charge in [-0.2, -0.15) is 0 Å². The molecule has 8 heavy (non-hydrogen) atoms. The molecule has 4 nitrogen and oxygen atoms in total. The molecule has 0 saturated heterocycles. The van der Waals surface area contributed by atoms with E-state index >= 15 is 0 Å². The van der Waals surface area contributed by atoms with Crippen LogP contribution in [-0.2, 0) is 9.53 Å². The van der Waals surface area contributed by atoms with Crippen molar-refractivity contribution in [2.45, 2.75) is 0 Å². The van der Waals surface area contributed by atoms with Crippen LogP contribution in [0.25, 0.3) is 0 Å². The molecular formula is C4H10N2O2. The summed E-state index contributed by atoms with van der Waals surface area (Å²) in [7, 11) is 1.72. The lowest BCUT2D eigenvalue weighted by Crippen LogP contribution is -2.22. The van der Waals surface area contributed by atoms with E-state index in [2.05, 4.69) is 10.1 Å². The molecule has 0 aromatic carbocycles. The van der Waals surface area contributed by atoms with E-state index in [1.165, 1.54) is 0 Å². The maximum absolute atomic E-state index is 9.94. The Kier molecular flexibility index (Phi) is 4.20. The zero-order valence-corrected chi connectivity index (χ0v) is 4.81. The van der Waals surface area contributed by atoms with Gasteiger partial charge in [-0.3, -0.25) is 10.1 Å². The van der Waals surface area contributed by atoms with Crippen molar-refractivity contribution in [1.82, 2.24) is 5.32 Å². The Labute approximate surface area is 48.0 Å². The van der Waals surface area contributed by atoms with Crippen molar-refractivity contribution < 1.29 is 9.53 Å². The molecule has 0 heterocycles. The number of hydrogen-bond acceptors (Lipinski definition) is 3. The number of amides is 1. The van der Waals surface area contributed by atoms with Gasteiger partial charge in [0.05, 0.1) is 6.73 Å². The minimum Gasteiger partial charge on any atom is -0.368 e. The van der Waals surface area contributed by atoms with Crippen LogP contribution in [0, 0.1) is 0 Å². The third-order valence-corrected chi connectivity index (χ3v) is 0.491. The van der Waals surface area contributed by atoms with Crippen LogP contribution in [0.15, 0.2) is 0 Å². The number of hydrogen-bond donors (Lipinski definition) is 2. The second-order valence-corrected chi connectivity index (χ2v) is 1.31. The van der Waals surface area contributed by atoms with Gasteiger partial charge < -0.3 is 10.5 Å². The van der Waals surface area contributed by atoms with E-state index in [-0.39, 0.29) is 6.61 Å². The maximum atomic E-state index is 9.94. The first-order valence-electron chi connectivity index (χ1n) is 2.28. The van der Waals surface area contributed by atoms with Gasteiger partial charge in [0.25, 0.3) is 0 Å². The summed E-state index contributed by atoms with van der Waals surface area (Å²) >= 11 is 0. The number of carbonyl (C=O) groups excluding carboxylic acids is 1. The van der Waals surface area contributed by atoms with Crippen LogP contribution in [0.2, 0.25) is 0 Å². The molecule has 0 spiro atoms. The highest BCUT2D eigenvalue weighted by Gasteiger charge is 1.89. The highest BCUT2D eigenvalue weighted by Crippen LogP contribution is 1.65. The Morgan fingerprint density at radius 2 is 2.50 bits per heavy atom. The summed E-state index contributed by atoms with van der Waals surface area (Å²) < 4.78 is 4.66. The van der Waals surface area contributed by atoms with Crippen molar-refractivity contribution in [2.75, 3.05) is 20.4 Å². The molecule has 4 heteroatoms. The highest BCUT2D eigenvalue weighted by molar-refractivity contribution is 5.74. The number of rotatable bonds is 4. The molecule has 0 rings (SSSR count). The Morgan fingerprint density at radius 1 is 1.88 bits per heavy atom. The number of carbonyl (C=O) groups is 1. The Hall–Kier alpha value is -0.610. The number of primary amides is 1. The van der Waals surface area contributed by atoms with E-state index in [0.29, 0.717) is 6.73 Å².